The van der Waals surface area contributed by atoms with Gasteiger partial charge < -0.3 is 9.64 Å². The average Bonchev–Trinajstić information content (AvgIpc) is 3.20. The third-order valence-corrected chi connectivity index (χ3v) is 5.19. The number of aromatic nitrogens is 2. The van der Waals surface area contributed by atoms with Crippen molar-refractivity contribution in [1.82, 2.24) is 9.97 Å². The first-order valence-corrected chi connectivity index (χ1v) is 10.8. The third kappa shape index (κ3) is 6.51. The van der Waals surface area contributed by atoms with E-state index in [1.54, 1.807) is 61.8 Å². The highest BCUT2D eigenvalue weighted by atomic mass is 32.1. The number of pyridine rings is 1. The number of thiazole rings is 1. The van der Waals surface area contributed by atoms with Crippen LogP contribution in [0, 0.1) is 0 Å². The minimum atomic E-state index is -4.48. The number of ether oxygens (including phenoxy) is 1. The van der Waals surface area contributed by atoms with Gasteiger partial charge in [-0.3, -0.25) is 10.2 Å². The van der Waals surface area contributed by atoms with Gasteiger partial charge in [0, 0.05) is 31.2 Å². The van der Waals surface area contributed by atoms with Crippen molar-refractivity contribution < 1.29 is 22.7 Å². The fourth-order valence-electron chi connectivity index (χ4n) is 2.89. The molecule has 0 radical (unpaired) electrons. The average molecular weight is 478 g/mol. The molecule has 174 valence electrons. The summed E-state index contributed by atoms with van der Waals surface area (Å²) in [5, 5.41) is 6.39. The fourth-order valence-corrected chi connectivity index (χ4v) is 3.55. The van der Waals surface area contributed by atoms with Gasteiger partial charge in [-0.1, -0.05) is 24.3 Å². The van der Waals surface area contributed by atoms with Crippen LogP contribution in [-0.2, 0) is 22.1 Å². The molecule has 0 aliphatic rings. The monoisotopic (exact) mass is 477 g/mol. The maximum absolute atomic E-state index is 13.2. The second-order valence-corrected chi connectivity index (χ2v) is 7.96. The molecule has 0 aliphatic heterocycles. The quantitative estimate of drug-likeness (QED) is 0.284. The smallest absolute Gasteiger partial charge is 0.417 e. The van der Waals surface area contributed by atoms with Gasteiger partial charge in [-0.05, 0) is 24.1 Å². The molecule has 0 saturated carbocycles. The number of alkyl halides is 3. The molecule has 3 rings (SSSR count). The summed E-state index contributed by atoms with van der Waals surface area (Å²) in [7, 11) is 3.45. The number of hydrazone groups is 1. The maximum atomic E-state index is 13.2. The predicted octanol–water partition coefficient (Wildman–Crippen LogP) is 4.84. The number of rotatable bonds is 8. The zero-order valence-electron chi connectivity index (χ0n) is 18.2. The van der Waals surface area contributed by atoms with Gasteiger partial charge in [0.2, 0.25) is 5.13 Å². The van der Waals surface area contributed by atoms with Crippen LogP contribution >= 0.6 is 11.3 Å². The summed E-state index contributed by atoms with van der Waals surface area (Å²) in [6.07, 6.45) is -1.98. The lowest BCUT2D eigenvalue weighted by atomic mass is 10.0. The predicted molar refractivity (Wildman–Crippen MR) is 123 cm³/mol. The summed E-state index contributed by atoms with van der Waals surface area (Å²) < 4.78 is 44.4. The largest absolute Gasteiger partial charge is 0.466 e. The van der Waals surface area contributed by atoms with Gasteiger partial charge in [-0.25, -0.2) is 9.97 Å². The highest BCUT2D eigenvalue weighted by Crippen LogP contribution is 2.35. The van der Waals surface area contributed by atoms with Crippen LogP contribution in [0.5, 0.6) is 0 Å². The Morgan fingerprint density at radius 1 is 1.27 bits per heavy atom. The number of anilines is 2. The van der Waals surface area contributed by atoms with Crippen LogP contribution in [-0.4, -0.2) is 42.9 Å². The SMILES string of the molecule is CCOC(=O)Cc1csc(NN=Cc2ccc(-c3cc(C(F)(F)F)cnc3N(C)C)cc2)n1. The van der Waals surface area contributed by atoms with Crippen molar-refractivity contribution in [2.75, 3.05) is 31.0 Å². The number of nitrogens with zero attached hydrogens (tertiary/aromatic N) is 4. The van der Waals surface area contributed by atoms with E-state index < -0.39 is 11.7 Å². The number of carbonyl (C=O) groups is 1. The van der Waals surface area contributed by atoms with Gasteiger partial charge >= 0.3 is 12.1 Å². The first-order valence-electron chi connectivity index (χ1n) is 9.91. The number of benzene rings is 1. The van der Waals surface area contributed by atoms with Crippen molar-refractivity contribution in [1.29, 1.82) is 0 Å². The maximum Gasteiger partial charge on any atom is 0.417 e. The van der Waals surface area contributed by atoms with Crippen LogP contribution < -0.4 is 10.3 Å². The van der Waals surface area contributed by atoms with E-state index in [4.69, 9.17) is 4.74 Å². The zero-order chi connectivity index (χ0) is 24.0. The molecule has 0 aliphatic carbocycles. The van der Waals surface area contributed by atoms with Crippen molar-refractivity contribution in [2.45, 2.75) is 19.5 Å². The van der Waals surface area contributed by atoms with Gasteiger partial charge in [-0.2, -0.15) is 18.3 Å². The Bertz CT molecular complexity index is 1130. The summed E-state index contributed by atoms with van der Waals surface area (Å²) in [6.45, 7) is 2.06. The van der Waals surface area contributed by atoms with Crippen molar-refractivity contribution >= 4 is 34.5 Å². The van der Waals surface area contributed by atoms with E-state index in [0.29, 0.717) is 34.4 Å². The van der Waals surface area contributed by atoms with E-state index in [2.05, 4.69) is 20.5 Å². The standard InChI is InChI=1S/C22H22F3N5O2S/c1-4-32-19(31)10-17-13-33-21(28-17)29-27-11-14-5-7-15(8-6-14)18-9-16(22(23,24)25)12-26-20(18)30(2)3/h5-9,11-13H,4,10H2,1-3H3,(H,28,29). The topological polar surface area (TPSA) is 79.7 Å². The number of esters is 1. The van der Waals surface area contributed by atoms with Crippen molar-refractivity contribution in [3.8, 4) is 11.1 Å². The molecular weight excluding hydrogens is 455 g/mol. The van der Waals surface area contributed by atoms with E-state index in [1.807, 2.05) is 0 Å². The van der Waals surface area contributed by atoms with E-state index in [9.17, 15) is 18.0 Å². The summed E-state index contributed by atoms with van der Waals surface area (Å²) >= 11 is 1.30. The molecular formula is C22H22F3N5O2S. The van der Waals surface area contributed by atoms with Gasteiger partial charge in [0.05, 0.1) is 30.5 Å². The fraction of sp³-hybridized carbons (Fsp3) is 0.273. The number of hydrogen-bond donors (Lipinski definition) is 1. The zero-order valence-corrected chi connectivity index (χ0v) is 19.0. The molecule has 0 spiro atoms. The Morgan fingerprint density at radius 2 is 2.00 bits per heavy atom. The minimum absolute atomic E-state index is 0.0938. The van der Waals surface area contributed by atoms with Crippen LogP contribution in [0.25, 0.3) is 11.1 Å². The Kier molecular flexibility index (Phi) is 7.64. The molecule has 3 aromatic rings. The highest BCUT2D eigenvalue weighted by molar-refractivity contribution is 7.13. The number of nitrogens with one attached hydrogen (secondary N) is 1. The van der Waals surface area contributed by atoms with Gasteiger partial charge in [0.25, 0.3) is 0 Å². The summed E-state index contributed by atoms with van der Waals surface area (Å²) in [6, 6.07) is 8.02. The molecule has 7 nitrogen and oxygen atoms in total. The minimum Gasteiger partial charge on any atom is -0.466 e. The summed E-state index contributed by atoms with van der Waals surface area (Å²) in [4.78, 5) is 21.4. The van der Waals surface area contributed by atoms with E-state index in [0.717, 1.165) is 17.8 Å². The molecule has 0 fully saturated rings. The number of carbonyl (C=O) groups excluding carboxylic acids is 1. The van der Waals surface area contributed by atoms with Gasteiger partial charge in [-0.15, -0.1) is 11.3 Å². The molecule has 1 aromatic carbocycles. The first-order chi connectivity index (χ1) is 15.7. The molecule has 0 unspecified atom stereocenters. The molecule has 2 aromatic heterocycles. The van der Waals surface area contributed by atoms with Crippen LogP contribution in [0.2, 0.25) is 0 Å². The van der Waals surface area contributed by atoms with Gasteiger partial charge in [0.1, 0.15) is 5.82 Å². The van der Waals surface area contributed by atoms with Gasteiger partial charge in [0.15, 0.2) is 0 Å². The molecule has 1 N–H and O–H groups in total. The molecule has 0 atom stereocenters. The third-order valence-electron chi connectivity index (χ3n) is 4.40. The summed E-state index contributed by atoms with van der Waals surface area (Å²) in [5.74, 6) is 0.0970. The Morgan fingerprint density at radius 3 is 2.64 bits per heavy atom. The number of hydrogen-bond acceptors (Lipinski definition) is 8. The molecule has 33 heavy (non-hydrogen) atoms. The summed E-state index contributed by atoms with van der Waals surface area (Å²) in [5.41, 5.74) is 4.31. The van der Waals surface area contributed by atoms with Crippen molar-refractivity contribution in [3.05, 3.63) is 58.7 Å². The van der Waals surface area contributed by atoms with Crippen LogP contribution in [0.15, 0.2) is 47.0 Å². The lowest BCUT2D eigenvalue weighted by Crippen LogP contribution is -2.14. The lowest BCUT2D eigenvalue weighted by Gasteiger charge is -2.18. The normalized spacial score (nSPS) is 11.6. The lowest BCUT2D eigenvalue weighted by molar-refractivity contribution is -0.142. The van der Waals surface area contributed by atoms with Crippen LogP contribution in [0.3, 0.4) is 0 Å². The van der Waals surface area contributed by atoms with E-state index in [-0.39, 0.29) is 12.4 Å². The van der Waals surface area contributed by atoms with Crippen molar-refractivity contribution in [2.24, 2.45) is 5.10 Å². The molecule has 0 saturated heterocycles. The molecule has 2 heterocycles. The Labute approximate surface area is 192 Å². The van der Waals surface area contributed by atoms with Crippen LogP contribution in [0.1, 0.15) is 23.7 Å². The van der Waals surface area contributed by atoms with E-state index >= 15 is 0 Å². The Hall–Kier alpha value is -3.47. The molecule has 0 bridgehead atoms. The second kappa shape index (κ2) is 10.4. The molecule has 11 heteroatoms. The number of halogens is 3. The molecule has 0 amide bonds. The van der Waals surface area contributed by atoms with Crippen LogP contribution in [0.4, 0.5) is 24.1 Å². The Balaban J connectivity index is 1.70. The first kappa shape index (κ1) is 24.2. The highest BCUT2D eigenvalue weighted by Gasteiger charge is 2.32. The second-order valence-electron chi connectivity index (χ2n) is 7.11. The van der Waals surface area contributed by atoms with E-state index in [1.165, 1.54) is 11.3 Å². The van der Waals surface area contributed by atoms with Crippen molar-refractivity contribution in [3.63, 3.8) is 0 Å².